The van der Waals surface area contributed by atoms with Crippen LogP contribution in [0.3, 0.4) is 0 Å². The molecule has 0 unspecified atom stereocenters. The molecular formula is C20H20ClN3O2. The average Bonchev–Trinajstić information content (AvgIpc) is 3.14. The third-order valence-electron chi connectivity index (χ3n) is 4.14. The molecule has 0 radical (unpaired) electrons. The van der Waals surface area contributed by atoms with Crippen LogP contribution in [0, 0.1) is 0 Å². The third-order valence-corrected chi connectivity index (χ3v) is 4.49. The molecule has 3 rings (SSSR count). The van der Waals surface area contributed by atoms with Gasteiger partial charge in [-0.25, -0.2) is 0 Å². The van der Waals surface area contributed by atoms with Gasteiger partial charge in [0.15, 0.2) is 11.5 Å². The van der Waals surface area contributed by atoms with Crippen molar-refractivity contribution in [2.24, 2.45) is 0 Å². The van der Waals surface area contributed by atoms with Crippen molar-refractivity contribution in [1.82, 2.24) is 15.4 Å². The normalized spacial score (nSPS) is 12.2. The Balaban J connectivity index is 1.70. The quantitative estimate of drug-likeness (QED) is 0.712. The Morgan fingerprint density at radius 3 is 2.54 bits per heavy atom. The maximum atomic E-state index is 12.4. The van der Waals surface area contributed by atoms with E-state index in [0.29, 0.717) is 17.3 Å². The van der Waals surface area contributed by atoms with Crippen LogP contribution >= 0.6 is 11.6 Å². The van der Waals surface area contributed by atoms with Gasteiger partial charge in [-0.1, -0.05) is 65.3 Å². The number of halogens is 1. The molecule has 1 atom stereocenters. The molecule has 2 aromatic carbocycles. The SMILES string of the molecule is CN(C)[C@@H](CNC(=O)c1cc(-c2ccccc2)on1)c1ccccc1Cl. The summed E-state index contributed by atoms with van der Waals surface area (Å²) in [5.41, 5.74) is 2.09. The highest BCUT2D eigenvalue weighted by atomic mass is 35.5. The molecule has 0 fully saturated rings. The van der Waals surface area contributed by atoms with Crippen LogP contribution in [0.25, 0.3) is 11.3 Å². The molecule has 1 N–H and O–H groups in total. The zero-order chi connectivity index (χ0) is 18.5. The molecular weight excluding hydrogens is 350 g/mol. The summed E-state index contributed by atoms with van der Waals surface area (Å²) >= 11 is 6.30. The molecule has 3 aromatic rings. The summed E-state index contributed by atoms with van der Waals surface area (Å²) in [6, 6.07) is 18.8. The number of nitrogens with one attached hydrogen (secondary N) is 1. The van der Waals surface area contributed by atoms with Gasteiger partial charge in [0.25, 0.3) is 5.91 Å². The lowest BCUT2D eigenvalue weighted by Crippen LogP contribution is -2.34. The first-order valence-electron chi connectivity index (χ1n) is 8.27. The van der Waals surface area contributed by atoms with Crippen molar-refractivity contribution in [1.29, 1.82) is 0 Å². The van der Waals surface area contributed by atoms with E-state index < -0.39 is 0 Å². The van der Waals surface area contributed by atoms with Crippen LogP contribution in [0.2, 0.25) is 5.02 Å². The minimum atomic E-state index is -0.283. The lowest BCUT2D eigenvalue weighted by Gasteiger charge is -2.25. The average molecular weight is 370 g/mol. The number of benzene rings is 2. The largest absolute Gasteiger partial charge is 0.355 e. The maximum absolute atomic E-state index is 12.4. The summed E-state index contributed by atoms with van der Waals surface area (Å²) < 4.78 is 5.29. The molecule has 1 aromatic heterocycles. The van der Waals surface area contributed by atoms with Crippen molar-refractivity contribution in [3.05, 3.63) is 76.9 Å². The number of carbonyl (C=O) groups excluding carboxylic acids is 1. The summed E-state index contributed by atoms with van der Waals surface area (Å²) in [5.74, 6) is 0.279. The number of nitrogens with zero attached hydrogens (tertiary/aromatic N) is 2. The van der Waals surface area contributed by atoms with E-state index in [1.165, 1.54) is 0 Å². The molecule has 0 saturated heterocycles. The molecule has 134 valence electrons. The molecule has 0 spiro atoms. The van der Waals surface area contributed by atoms with Gasteiger partial charge >= 0.3 is 0 Å². The number of likely N-dealkylation sites (N-methyl/N-ethyl adjacent to an activating group) is 1. The van der Waals surface area contributed by atoms with E-state index >= 15 is 0 Å². The Labute approximate surface area is 157 Å². The van der Waals surface area contributed by atoms with Gasteiger partial charge in [-0.3, -0.25) is 4.79 Å². The van der Waals surface area contributed by atoms with E-state index in [1.54, 1.807) is 6.07 Å². The number of hydrogen-bond acceptors (Lipinski definition) is 4. The van der Waals surface area contributed by atoms with Crippen LogP contribution < -0.4 is 5.32 Å². The molecule has 0 bridgehead atoms. The Hall–Kier alpha value is -2.63. The second-order valence-corrected chi connectivity index (χ2v) is 6.56. The number of carbonyl (C=O) groups is 1. The Bertz CT molecular complexity index is 878. The number of hydrogen-bond donors (Lipinski definition) is 1. The predicted octanol–water partition coefficient (Wildman–Crippen LogP) is 4.03. The zero-order valence-electron chi connectivity index (χ0n) is 14.6. The van der Waals surface area contributed by atoms with E-state index in [-0.39, 0.29) is 17.6 Å². The smallest absolute Gasteiger partial charge is 0.273 e. The lowest BCUT2D eigenvalue weighted by molar-refractivity contribution is 0.0933. The monoisotopic (exact) mass is 369 g/mol. The van der Waals surface area contributed by atoms with Crippen LogP contribution in [0.5, 0.6) is 0 Å². The molecule has 6 heteroatoms. The van der Waals surface area contributed by atoms with Gasteiger partial charge in [-0.2, -0.15) is 0 Å². The van der Waals surface area contributed by atoms with Crippen LogP contribution in [-0.2, 0) is 0 Å². The fourth-order valence-corrected chi connectivity index (χ4v) is 2.98. The minimum absolute atomic E-state index is 0.0480. The summed E-state index contributed by atoms with van der Waals surface area (Å²) in [5, 5.41) is 7.46. The van der Waals surface area contributed by atoms with Gasteiger partial charge in [-0.05, 0) is 25.7 Å². The lowest BCUT2D eigenvalue weighted by atomic mass is 10.1. The Kier molecular flexibility index (Phi) is 5.71. The summed E-state index contributed by atoms with van der Waals surface area (Å²) in [4.78, 5) is 14.5. The Morgan fingerprint density at radius 1 is 1.15 bits per heavy atom. The van der Waals surface area contributed by atoms with Crippen molar-refractivity contribution >= 4 is 17.5 Å². The van der Waals surface area contributed by atoms with Gasteiger partial charge in [0.2, 0.25) is 0 Å². The van der Waals surface area contributed by atoms with Gasteiger partial charge in [-0.15, -0.1) is 0 Å². The minimum Gasteiger partial charge on any atom is -0.355 e. The standard InChI is InChI=1S/C20H20ClN3O2/c1-24(2)18(15-10-6-7-11-16(15)21)13-22-20(25)17-12-19(26-23-17)14-8-4-3-5-9-14/h3-12,18H,13H2,1-2H3,(H,22,25)/t18-/m0/s1. The highest BCUT2D eigenvalue weighted by Crippen LogP contribution is 2.25. The highest BCUT2D eigenvalue weighted by Gasteiger charge is 2.20. The molecule has 0 aliphatic heterocycles. The number of aromatic nitrogens is 1. The first-order valence-corrected chi connectivity index (χ1v) is 8.65. The van der Waals surface area contributed by atoms with Gasteiger partial charge in [0.1, 0.15) is 0 Å². The summed E-state index contributed by atoms with van der Waals surface area (Å²) in [7, 11) is 3.90. The second-order valence-electron chi connectivity index (χ2n) is 6.15. The van der Waals surface area contributed by atoms with Gasteiger partial charge in [0, 0.05) is 23.2 Å². The van der Waals surface area contributed by atoms with Crippen LogP contribution in [0.15, 0.2) is 65.2 Å². The molecule has 26 heavy (non-hydrogen) atoms. The zero-order valence-corrected chi connectivity index (χ0v) is 15.4. The second kappa shape index (κ2) is 8.17. The van der Waals surface area contributed by atoms with Gasteiger partial charge in [0.05, 0.1) is 6.04 Å². The van der Waals surface area contributed by atoms with Crippen molar-refractivity contribution in [2.45, 2.75) is 6.04 Å². The molecule has 5 nitrogen and oxygen atoms in total. The summed E-state index contributed by atoms with van der Waals surface area (Å²) in [6.45, 7) is 0.406. The van der Waals surface area contributed by atoms with E-state index in [9.17, 15) is 4.79 Å². The highest BCUT2D eigenvalue weighted by molar-refractivity contribution is 6.31. The third kappa shape index (κ3) is 4.12. The molecule has 0 aliphatic carbocycles. The van der Waals surface area contributed by atoms with E-state index in [0.717, 1.165) is 11.1 Å². The first kappa shape index (κ1) is 18.2. The van der Waals surface area contributed by atoms with Crippen molar-refractivity contribution in [3.8, 4) is 11.3 Å². The molecule has 1 amide bonds. The van der Waals surface area contributed by atoms with E-state index in [4.69, 9.17) is 16.1 Å². The number of rotatable bonds is 6. The van der Waals surface area contributed by atoms with Crippen LogP contribution in [0.1, 0.15) is 22.1 Å². The fraction of sp³-hybridized carbons (Fsp3) is 0.200. The van der Waals surface area contributed by atoms with Crippen molar-refractivity contribution < 1.29 is 9.32 Å². The molecule has 1 heterocycles. The van der Waals surface area contributed by atoms with Crippen molar-refractivity contribution in [2.75, 3.05) is 20.6 Å². The summed E-state index contributed by atoms with van der Waals surface area (Å²) in [6.07, 6.45) is 0. The Morgan fingerprint density at radius 2 is 1.85 bits per heavy atom. The maximum Gasteiger partial charge on any atom is 0.273 e. The molecule has 0 aliphatic rings. The predicted molar refractivity (Wildman–Crippen MR) is 102 cm³/mol. The van der Waals surface area contributed by atoms with Gasteiger partial charge < -0.3 is 14.7 Å². The topological polar surface area (TPSA) is 58.4 Å². The van der Waals surface area contributed by atoms with E-state index in [1.807, 2.05) is 73.6 Å². The first-order chi connectivity index (χ1) is 12.6. The van der Waals surface area contributed by atoms with Crippen molar-refractivity contribution in [3.63, 3.8) is 0 Å². The molecule has 0 saturated carbocycles. The van der Waals surface area contributed by atoms with Crippen LogP contribution in [-0.4, -0.2) is 36.6 Å². The fourth-order valence-electron chi connectivity index (χ4n) is 2.72. The van der Waals surface area contributed by atoms with E-state index in [2.05, 4.69) is 10.5 Å². The van der Waals surface area contributed by atoms with Crippen LogP contribution in [0.4, 0.5) is 0 Å². The number of amides is 1.